The highest BCUT2D eigenvalue weighted by Gasteiger charge is 2.31. The van der Waals surface area contributed by atoms with Gasteiger partial charge in [0.2, 0.25) is 5.91 Å². The number of carbonyl (C=O) groups excluding carboxylic acids is 1. The molecule has 6 heteroatoms. The molecule has 2 heterocycles. The molecule has 138 valence electrons. The number of hydrogen-bond donors (Lipinski definition) is 1. The molecule has 0 saturated carbocycles. The number of nitrogens with one attached hydrogen (secondary N) is 1. The van der Waals surface area contributed by atoms with E-state index in [2.05, 4.69) is 29.0 Å². The predicted octanol–water partition coefficient (Wildman–Crippen LogP) is 1.46. The minimum Gasteiger partial charge on any atom is -0.368 e. The zero-order chi connectivity index (χ0) is 18.0. The summed E-state index contributed by atoms with van der Waals surface area (Å²) in [6, 6.07) is 5.72. The Kier molecular flexibility index (Phi) is 5.59. The molecule has 2 saturated heterocycles. The molecule has 2 fully saturated rings. The van der Waals surface area contributed by atoms with Gasteiger partial charge in [-0.25, -0.2) is 4.39 Å². The van der Waals surface area contributed by atoms with Crippen molar-refractivity contribution in [2.75, 3.05) is 50.7 Å². The Morgan fingerprint density at radius 3 is 2.56 bits per heavy atom. The van der Waals surface area contributed by atoms with Crippen molar-refractivity contribution >= 4 is 11.6 Å². The van der Waals surface area contributed by atoms with E-state index in [9.17, 15) is 9.18 Å². The van der Waals surface area contributed by atoms with Gasteiger partial charge in [-0.05, 0) is 38.5 Å². The van der Waals surface area contributed by atoms with Gasteiger partial charge in [0.25, 0.3) is 0 Å². The molecule has 2 aliphatic rings. The maximum Gasteiger partial charge on any atom is 0.241 e. The van der Waals surface area contributed by atoms with Crippen LogP contribution in [0.1, 0.15) is 19.4 Å². The number of hydrogen-bond acceptors (Lipinski definition) is 4. The zero-order valence-electron chi connectivity index (χ0n) is 15.5. The summed E-state index contributed by atoms with van der Waals surface area (Å²) in [4.78, 5) is 19.3. The lowest BCUT2D eigenvalue weighted by Gasteiger charge is -2.41. The van der Waals surface area contributed by atoms with Gasteiger partial charge in [-0.1, -0.05) is 6.07 Å². The molecule has 0 spiro atoms. The number of rotatable bonds is 3. The van der Waals surface area contributed by atoms with Crippen LogP contribution in [0.2, 0.25) is 0 Å². The van der Waals surface area contributed by atoms with Gasteiger partial charge in [-0.3, -0.25) is 9.69 Å². The molecule has 0 aliphatic carbocycles. The second-order valence-corrected chi connectivity index (χ2v) is 7.34. The normalized spacial score (nSPS) is 22.5. The van der Waals surface area contributed by atoms with Gasteiger partial charge in [0, 0.05) is 57.5 Å². The molecule has 1 aromatic rings. The summed E-state index contributed by atoms with van der Waals surface area (Å²) in [7, 11) is 0. The molecule has 1 N–H and O–H groups in total. The van der Waals surface area contributed by atoms with E-state index in [1.54, 1.807) is 13.0 Å². The van der Waals surface area contributed by atoms with Crippen LogP contribution in [0.15, 0.2) is 18.2 Å². The Balaban J connectivity index is 1.56. The third kappa shape index (κ3) is 4.12. The molecule has 0 unspecified atom stereocenters. The first kappa shape index (κ1) is 18.1. The van der Waals surface area contributed by atoms with Gasteiger partial charge in [-0.2, -0.15) is 0 Å². The molecular weight excluding hydrogens is 319 g/mol. The fourth-order valence-corrected chi connectivity index (χ4v) is 3.59. The second-order valence-electron chi connectivity index (χ2n) is 7.34. The van der Waals surface area contributed by atoms with Gasteiger partial charge in [0.15, 0.2) is 0 Å². The lowest BCUT2D eigenvalue weighted by atomic mass is 10.1. The number of aryl methyl sites for hydroxylation is 1. The first-order valence-corrected chi connectivity index (χ1v) is 9.23. The molecule has 0 aromatic heterocycles. The fraction of sp³-hybridized carbons (Fsp3) is 0.632. The van der Waals surface area contributed by atoms with Crippen LogP contribution in [-0.4, -0.2) is 73.6 Å². The minimum atomic E-state index is -0.170. The molecule has 0 radical (unpaired) electrons. The van der Waals surface area contributed by atoms with E-state index >= 15 is 0 Å². The number of piperazine rings is 2. The van der Waals surface area contributed by atoms with Crippen molar-refractivity contribution < 1.29 is 9.18 Å². The fourth-order valence-electron chi connectivity index (χ4n) is 3.59. The van der Waals surface area contributed by atoms with Crippen LogP contribution in [0.4, 0.5) is 10.1 Å². The van der Waals surface area contributed by atoms with Gasteiger partial charge in [-0.15, -0.1) is 0 Å². The molecule has 25 heavy (non-hydrogen) atoms. The van der Waals surface area contributed by atoms with E-state index < -0.39 is 0 Å². The molecule has 5 nitrogen and oxygen atoms in total. The van der Waals surface area contributed by atoms with Gasteiger partial charge >= 0.3 is 0 Å². The summed E-state index contributed by atoms with van der Waals surface area (Å²) >= 11 is 0. The van der Waals surface area contributed by atoms with E-state index in [1.165, 1.54) is 0 Å². The number of carbonyl (C=O) groups is 1. The Morgan fingerprint density at radius 2 is 1.92 bits per heavy atom. The van der Waals surface area contributed by atoms with Crippen molar-refractivity contribution in [1.29, 1.82) is 0 Å². The van der Waals surface area contributed by atoms with E-state index in [-0.39, 0.29) is 17.8 Å². The van der Waals surface area contributed by atoms with Crippen LogP contribution in [0.25, 0.3) is 0 Å². The maximum atomic E-state index is 13.8. The molecule has 3 rings (SSSR count). The van der Waals surface area contributed by atoms with Gasteiger partial charge in [0.1, 0.15) is 5.82 Å². The summed E-state index contributed by atoms with van der Waals surface area (Å²) in [5.41, 5.74) is 1.56. The zero-order valence-corrected chi connectivity index (χ0v) is 15.5. The lowest BCUT2D eigenvalue weighted by molar-refractivity contribution is -0.135. The predicted molar refractivity (Wildman–Crippen MR) is 98.4 cm³/mol. The van der Waals surface area contributed by atoms with Crippen LogP contribution in [-0.2, 0) is 4.79 Å². The highest BCUT2D eigenvalue weighted by molar-refractivity contribution is 5.82. The number of anilines is 1. The Morgan fingerprint density at radius 1 is 1.20 bits per heavy atom. The largest absolute Gasteiger partial charge is 0.368 e. The summed E-state index contributed by atoms with van der Waals surface area (Å²) in [6.07, 6.45) is 0. The lowest BCUT2D eigenvalue weighted by Crippen LogP contribution is -2.61. The summed E-state index contributed by atoms with van der Waals surface area (Å²) in [6.45, 7) is 11.6. The van der Waals surface area contributed by atoms with Gasteiger partial charge in [0.05, 0.1) is 6.04 Å². The summed E-state index contributed by atoms with van der Waals surface area (Å²) in [5, 5.41) is 3.36. The summed E-state index contributed by atoms with van der Waals surface area (Å²) in [5.74, 6) is 0.0243. The van der Waals surface area contributed by atoms with E-state index in [0.29, 0.717) is 24.7 Å². The summed E-state index contributed by atoms with van der Waals surface area (Å²) < 4.78 is 13.8. The topological polar surface area (TPSA) is 38.8 Å². The van der Waals surface area contributed by atoms with E-state index in [4.69, 9.17) is 0 Å². The SMILES string of the molecule is Cc1ccc(N2CCN(C(=O)[C@H]3CN(C(C)C)CCN3)CC2)cc1F. The van der Waals surface area contributed by atoms with E-state index in [1.807, 2.05) is 17.0 Å². The van der Waals surface area contributed by atoms with Crippen LogP contribution >= 0.6 is 0 Å². The second kappa shape index (κ2) is 7.70. The third-order valence-electron chi connectivity index (χ3n) is 5.35. The monoisotopic (exact) mass is 348 g/mol. The average molecular weight is 348 g/mol. The molecular formula is C19H29FN4O. The third-order valence-corrected chi connectivity index (χ3v) is 5.35. The molecule has 1 amide bonds. The average Bonchev–Trinajstić information content (AvgIpc) is 2.63. The molecule has 1 aromatic carbocycles. The van der Waals surface area contributed by atoms with Crippen molar-refractivity contribution in [2.45, 2.75) is 32.9 Å². The smallest absolute Gasteiger partial charge is 0.241 e. The van der Waals surface area contributed by atoms with Crippen molar-refractivity contribution in [3.05, 3.63) is 29.6 Å². The molecule has 0 bridgehead atoms. The minimum absolute atomic E-state index is 0.112. The van der Waals surface area contributed by atoms with Crippen molar-refractivity contribution in [3.63, 3.8) is 0 Å². The number of nitrogens with zero attached hydrogens (tertiary/aromatic N) is 3. The highest BCUT2D eigenvalue weighted by Crippen LogP contribution is 2.20. The van der Waals surface area contributed by atoms with Crippen LogP contribution in [0.5, 0.6) is 0 Å². The quantitative estimate of drug-likeness (QED) is 0.898. The van der Waals surface area contributed by atoms with E-state index in [0.717, 1.165) is 38.4 Å². The first-order chi connectivity index (χ1) is 12.0. The molecule has 2 aliphatic heterocycles. The van der Waals surface area contributed by atoms with Gasteiger partial charge < -0.3 is 15.1 Å². The maximum absolute atomic E-state index is 13.8. The van der Waals surface area contributed by atoms with Crippen molar-refractivity contribution in [3.8, 4) is 0 Å². The standard InChI is InChI=1S/C19H29FN4O/c1-14(2)24-7-6-21-18(13-24)19(25)23-10-8-22(9-11-23)16-5-4-15(3)17(20)12-16/h4-5,12,14,18,21H,6-11,13H2,1-3H3/t18-/m1/s1. The Hall–Kier alpha value is -1.66. The number of amides is 1. The highest BCUT2D eigenvalue weighted by atomic mass is 19.1. The van der Waals surface area contributed by atoms with Crippen molar-refractivity contribution in [2.24, 2.45) is 0 Å². The van der Waals surface area contributed by atoms with Crippen LogP contribution in [0, 0.1) is 12.7 Å². The molecule has 1 atom stereocenters. The Bertz CT molecular complexity index is 613. The number of benzene rings is 1. The van der Waals surface area contributed by atoms with Crippen LogP contribution < -0.4 is 10.2 Å². The van der Waals surface area contributed by atoms with Crippen molar-refractivity contribution in [1.82, 2.24) is 15.1 Å². The van der Waals surface area contributed by atoms with Crippen LogP contribution in [0.3, 0.4) is 0 Å². The number of halogens is 1. The first-order valence-electron chi connectivity index (χ1n) is 9.23. The Labute approximate surface area is 149 Å².